The van der Waals surface area contributed by atoms with E-state index in [0.29, 0.717) is 17.0 Å². The molecule has 41 heavy (non-hydrogen) atoms. The lowest BCUT2D eigenvalue weighted by Gasteiger charge is -2.27. The summed E-state index contributed by atoms with van der Waals surface area (Å²) in [7, 11) is 5.41. The van der Waals surface area contributed by atoms with Crippen LogP contribution in [-0.4, -0.2) is 51.1 Å². The third-order valence-electron chi connectivity index (χ3n) is 7.75. The highest BCUT2D eigenvalue weighted by Crippen LogP contribution is 2.44. The van der Waals surface area contributed by atoms with Crippen LogP contribution >= 0.6 is 0 Å². The second kappa shape index (κ2) is 11.7. The lowest BCUT2D eigenvalue weighted by Crippen LogP contribution is -2.29. The maximum Gasteiger partial charge on any atom is 0.300 e. The Morgan fingerprint density at radius 2 is 1.49 bits per heavy atom. The molecule has 7 heteroatoms. The highest BCUT2D eigenvalue weighted by atomic mass is 16.5. The van der Waals surface area contributed by atoms with Crippen LogP contribution in [0.2, 0.25) is 0 Å². The number of ketones is 1. The van der Waals surface area contributed by atoms with Gasteiger partial charge in [-0.15, -0.1) is 0 Å². The first-order valence-corrected chi connectivity index (χ1v) is 14.0. The zero-order valence-corrected chi connectivity index (χ0v) is 25.4. The van der Waals surface area contributed by atoms with Gasteiger partial charge in [0.25, 0.3) is 11.7 Å². The monoisotopic (exact) mass is 555 g/mol. The van der Waals surface area contributed by atoms with E-state index in [0.717, 1.165) is 35.6 Å². The number of benzene rings is 3. The second-order valence-corrected chi connectivity index (χ2v) is 11.5. The summed E-state index contributed by atoms with van der Waals surface area (Å²) >= 11 is 0. The average molecular weight is 556 g/mol. The summed E-state index contributed by atoms with van der Waals surface area (Å²) in [5, 5.41) is 11.8. The van der Waals surface area contributed by atoms with E-state index in [4.69, 9.17) is 4.74 Å². The van der Waals surface area contributed by atoms with Gasteiger partial charge in [0.2, 0.25) is 0 Å². The van der Waals surface area contributed by atoms with Crippen LogP contribution in [0.5, 0.6) is 5.75 Å². The molecule has 1 saturated heterocycles. The van der Waals surface area contributed by atoms with Gasteiger partial charge in [-0.3, -0.25) is 14.5 Å². The van der Waals surface area contributed by atoms with Crippen molar-refractivity contribution in [1.82, 2.24) is 0 Å². The molecule has 4 rings (SSSR count). The topological polar surface area (TPSA) is 73.3 Å². The number of nitrogens with zero attached hydrogens (tertiary/aromatic N) is 3. The maximum atomic E-state index is 13.7. The number of anilines is 3. The van der Waals surface area contributed by atoms with Gasteiger partial charge in [-0.25, -0.2) is 0 Å². The smallest absolute Gasteiger partial charge is 0.300 e. The normalized spacial score (nSPS) is 16.7. The summed E-state index contributed by atoms with van der Waals surface area (Å²) < 4.78 is 5.60. The van der Waals surface area contributed by atoms with Crippen molar-refractivity contribution in [3.63, 3.8) is 0 Å². The molecule has 1 heterocycles. The number of aliphatic hydroxyl groups excluding tert-OH is 1. The molecule has 1 fully saturated rings. The molecule has 1 aliphatic rings. The SMILES string of the molecule is CCN(CC)c1ccc(C2/C(=C(\O)c3cc(C(C)(C)C)ccc3OC)C(=O)C(=O)N2c2ccc(N(C)C)cc2)cc1. The molecule has 3 aromatic rings. The van der Waals surface area contributed by atoms with Gasteiger partial charge >= 0.3 is 0 Å². The van der Waals surface area contributed by atoms with Crippen LogP contribution in [-0.2, 0) is 15.0 Å². The van der Waals surface area contributed by atoms with Crippen molar-refractivity contribution >= 4 is 34.5 Å². The number of ether oxygens (including phenoxy) is 1. The molecular formula is C34H41N3O4. The van der Waals surface area contributed by atoms with Gasteiger partial charge in [0.1, 0.15) is 11.5 Å². The summed E-state index contributed by atoms with van der Waals surface area (Å²) in [6, 6.07) is 20.1. The summed E-state index contributed by atoms with van der Waals surface area (Å²) in [6.07, 6.45) is 0. The Kier molecular flexibility index (Phi) is 8.47. The Morgan fingerprint density at radius 1 is 0.902 bits per heavy atom. The molecule has 1 N–H and O–H groups in total. The van der Waals surface area contributed by atoms with Crippen molar-refractivity contribution in [3.8, 4) is 5.75 Å². The summed E-state index contributed by atoms with van der Waals surface area (Å²) in [6.45, 7) is 12.1. The van der Waals surface area contributed by atoms with E-state index < -0.39 is 17.7 Å². The van der Waals surface area contributed by atoms with Crippen molar-refractivity contribution in [2.24, 2.45) is 0 Å². The van der Waals surface area contributed by atoms with E-state index in [1.165, 1.54) is 12.0 Å². The highest BCUT2D eigenvalue weighted by molar-refractivity contribution is 6.51. The van der Waals surface area contributed by atoms with Crippen LogP contribution < -0.4 is 19.4 Å². The molecule has 0 spiro atoms. The van der Waals surface area contributed by atoms with Crippen LogP contribution in [0.3, 0.4) is 0 Å². The molecule has 0 saturated carbocycles. The zero-order valence-electron chi connectivity index (χ0n) is 25.4. The van der Waals surface area contributed by atoms with Crippen LogP contribution in [0.4, 0.5) is 17.1 Å². The fourth-order valence-electron chi connectivity index (χ4n) is 5.29. The minimum atomic E-state index is -0.825. The highest BCUT2D eigenvalue weighted by Gasteiger charge is 2.47. The molecule has 3 aromatic carbocycles. The molecule has 1 atom stereocenters. The standard InChI is InChI=1S/C34H41N3O4/c1-9-36(10-2)25-14-11-22(12-15-25)30-29(31(38)27-21-23(34(3,4)5)13-20-28(27)41-8)32(39)33(40)37(30)26-18-16-24(17-19-26)35(6)7/h11-21,30,38H,9-10H2,1-8H3/b31-29+. The van der Waals surface area contributed by atoms with E-state index in [-0.39, 0.29) is 16.7 Å². The predicted molar refractivity (Wildman–Crippen MR) is 167 cm³/mol. The molecule has 216 valence electrons. The Balaban J connectivity index is 1.95. The number of hydrogen-bond donors (Lipinski definition) is 1. The number of Topliss-reactive ketones (excluding diaryl/α,β-unsaturated/α-hetero) is 1. The van der Waals surface area contributed by atoms with Gasteiger partial charge in [0.15, 0.2) is 0 Å². The minimum Gasteiger partial charge on any atom is -0.507 e. The third kappa shape index (κ3) is 5.67. The van der Waals surface area contributed by atoms with Gasteiger partial charge in [-0.05, 0) is 78.9 Å². The van der Waals surface area contributed by atoms with Crippen molar-refractivity contribution in [1.29, 1.82) is 0 Å². The average Bonchev–Trinajstić information content (AvgIpc) is 3.22. The number of hydrogen-bond acceptors (Lipinski definition) is 6. The van der Waals surface area contributed by atoms with Crippen LogP contribution in [0.1, 0.15) is 57.4 Å². The van der Waals surface area contributed by atoms with Crippen molar-refractivity contribution < 1.29 is 19.4 Å². The maximum absolute atomic E-state index is 13.7. The molecule has 0 bridgehead atoms. The summed E-state index contributed by atoms with van der Waals surface area (Å²) in [5.41, 5.74) is 4.49. The van der Waals surface area contributed by atoms with Crippen LogP contribution in [0.15, 0.2) is 72.3 Å². The van der Waals surface area contributed by atoms with E-state index in [2.05, 4.69) is 39.5 Å². The lowest BCUT2D eigenvalue weighted by molar-refractivity contribution is -0.132. The zero-order chi connectivity index (χ0) is 30.1. The fraction of sp³-hybridized carbons (Fsp3) is 0.353. The van der Waals surface area contributed by atoms with Gasteiger partial charge in [0.05, 0.1) is 24.3 Å². The molecule has 1 aliphatic heterocycles. The Morgan fingerprint density at radius 3 is 2.00 bits per heavy atom. The molecular weight excluding hydrogens is 514 g/mol. The summed E-state index contributed by atoms with van der Waals surface area (Å²) in [5.74, 6) is -1.25. The van der Waals surface area contributed by atoms with E-state index >= 15 is 0 Å². The largest absolute Gasteiger partial charge is 0.507 e. The Hall–Kier alpha value is -4.26. The van der Waals surface area contributed by atoms with Crippen molar-refractivity contribution in [2.75, 3.05) is 49.0 Å². The number of rotatable bonds is 8. The van der Waals surface area contributed by atoms with E-state index in [1.807, 2.05) is 79.7 Å². The molecule has 7 nitrogen and oxygen atoms in total. The fourth-order valence-corrected chi connectivity index (χ4v) is 5.29. The van der Waals surface area contributed by atoms with Gasteiger partial charge in [0, 0.05) is 44.2 Å². The molecule has 0 aliphatic carbocycles. The first-order valence-electron chi connectivity index (χ1n) is 14.0. The lowest BCUT2D eigenvalue weighted by atomic mass is 9.85. The Bertz CT molecular complexity index is 1450. The van der Waals surface area contributed by atoms with Crippen molar-refractivity contribution in [2.45, 2.75) is 46.1 Å². The van der Waals surface area contributed by atoms with Gasteiger partial charge < -0.3 is 19.6 Å². The van der Waals surface area contributed by atoms with Crippen molar-refractivity contribution in [3.05, 3.63) is 89.0 Å². The third-order valence-corrected chi connectivity index (χ3v) is 7.75. The quantitative estimate of drug-likeness (QED) is 0.194. The predicted octanol–water partition coefficient (Wildman–Crippen LogP) is 6.53. The number of aliphatic hydroxyl groups is 1. The number of amides is 1. The van der Waals surface area contributed by atoms with Gasteiger partial charge in [-0.1, -0.05) is 39.0 Å². The van der Waals surface area contributed by atoms with E-state index in [1.54, 1.807) is 6.07 Å². The first-order chi connectivity index (χ1) is 19.4. The number of carbonyl (C=O) groups excluding carboxylic acids is 2. The minimum absolute atomic E-state index is 0.0339. The van der Waals surface area contributed by atoms with E-state index in [9.17, 15) is 14.7 Å². The van der Waals surface area contributed by atoms with Gasteiger partial charge in [-0.2, -0.15) is 0 Å². The second-order valence-electron chi connectivity index (χ2n) is 11.5. The van der Waals surface area contributed by atoms with Crippen LogP contribution in [0, 0.1) is 0 Å². The summed E-state index contributed by atoms with van der Waals surface area (Å²) in [4.78, 5) is 33.1. The Labute approximate surface area is 243 Å². The molecule has 1 unspecified atom stereocenters. The molecule has 0 radical (unpaired) electrons. The first kappa shape index (κ1) is 29.7. The number of methoxy groups -OCH3 is 1. The molecule has 1 amide bonds. The number of carbonyl (C=O) groups is 2. The van der Waals surface area contributed by atoms with Crippen LogP contribution in [0.25, 0.3) is 5.76 Å². The molecule has 0 aromatic heterocycles.